The maximum atomic E-state index is 13.4. The number of carbonyl (C=O) groups excluding carboxylic acids is 1. The van der Waals surface area contributed by atoms with Gasteiger partial charge in [-0.05, 0) is 47.5 Å². The van der Waals surface area contributed by atoms with Gasteiger partial charge in [0.15, 0.2) is 0 Å². The summed E-state index contributed by atoms with van der Waals surface area (Å²) in [6.45, 7) is -0.0549. The van der Waals surface area contributed by atoms with Crippen molar-refractivity contribution in [3.05, 3.63) is 94.8 Å². The van der Waals surface area contributed by atoms with Crippen molar-refractivity contribution in [2.75, 3.05) is 4.31 Å². The SMILES string of the molecule is O=C([O-])c1ccc(Cl)c(S(=O)(=O)N(Cc2ccccc2)c2ccc(F)cc2)c1. The molecule has 0 fully saturated rings. The van der Waals surface area contributed by atoms with Gasteiger partial charge in [-0.15, -0.1) is 0 Å². The molecule has 0 unspecified atom stereocenters. The Balaban J connectivity index is 2.14. The third-order valence-electron chi connectivity index (χ3n) is 4.02. The Labute approximate surface area is 166 Å². The number of aromatic carboxylic acids is 1. The van der Waals surface area contributed by atoms with Gasteiger partial charge in [0.1, 0.15) is 10.7 Å². The Kier molecular flexibility index (Phi) is 5.67. The highest BCUT2D eigenvalue weighted by Crippen LogP contribution is 2.31. The van der Waals surface area contributed by atoms with Gasteiger partial charge in [-0.3, -0.25) is 4.31 Å². The molecule has 8 heteroatoms. The molecule has 0 aliphatic heterocycles. The van der Waals surface area contributed by atoms with Gasteiger partial charge in [-0.2, -0.15) is 0 Å². The molecule has 3 rings (SSSR count). The number of carboxylic acids is 1. The summed E-state index contributed by atoms with van der Waals surface area (Å²) in [6, 6.07) is 17.0. The average Bonchev–Trinajstić information content (AvgIpc) is 2.67. The van der Waals surface area contributed by atoms with Crippen LogP contribution in [0.25, 0.3) is 0 Å². The van der Waals surface area contributed by atoms with E-state index in [2.05, 4.69) is 0 Å². The molecule has 28 heavy (non-hydrogen) atoms. The summed E-state index contributed by atoms with van der Waals surface area (Å²) < 4.78 is 41.1. The highest BCUT2D eigenvalue weighted by molar-refractivity contribution is 7.93. The molecule has 0 aromatic heterocycles. The number of rotatable bonds is 6. The van der Waals surface area contributed by atoms with Crippen molar-refractivity contribution < 1.29 is 22.7 Å². The van der Waals surface area contributed by atoms with E-state index < -0.39 is 21.8 Å². The van der Waals surface area contributed by atoms with Crippen molar-refractivity contribution in [3.8, 4) is 0 Å². The van der Waals surface area contributed by atoms with Crippen LogP contribution in [0.2, 0.25) is 5.02 Å². The maximum absolute atomic E-state index is 13.4. The molecule has 0 spiro atoms. The fourth-order valence-corrected chi connectivity index (χ4v) is 4.57. The van der Waals surface area contributed by atoms with Crippen LogP contribution in [0.4, 0.5) is 10.1 Å². The summed E-state index contributed by atoms with van der Waals surface area (Å²) in [4.78, 5) is 10.8. The molecule has 0 aliphatic rings. The fraction of sp³-hybridized carbons (Fsp3) is 0.0500. The highest BCUT2D eigenvalue weighted by atomic mass is 35.5. The molecule has 3 aromatic carbocycles. The first-order chi connectivity index (χ1) is 13.3. The van der Waals surface area contributed by atoms with Crippen LogP contribution >= 0.6 is 11.6 Å². The lowest BCUT2D eigenvalue weighted by atomic mass is 10.2. The Morgan fingerprint density at radius 3 is 2.25 bits per heavy atom. The normalized spacial score (nSPS) is 11.2. The molecule has 0 saturated heterocycles. The monoisotopic (exact) mass is 418 g/mol. The minimum absolute atomic E-state index is 0.0549. The summed E-state index contributed by atoms with van der Waals surface area (Å²) >= 11 is 6.07. The van der Waals surface area contributed by atoms with E-state index in [0.717, 1.165) is 28.6 Å². The highest BCUT2D eigenvalue weighted by Gasteiger charge is 2.28. The molecular weight excluding hydrogens is 405 g/mol. The minimum atomic E-state index is -4.26. The Hall–Kier alpha value is -2.90. The fourth-order valence-electron chi connectivity index (χ4n) is 2.62. The minimum Gasteiger partial charge on any atom is -0.545 e. The van der Waals surface area contributed by atoms with Gasteiger partial charge in [0.25, 0.3) is 10.0 Å². The molecule has 0 aliphatic carbocycles. The van der Waals surface area contributed by atoms with E-state index in [0.29, 0.717) is 5.56 Å². The largest absolute Gasteiger partial charge is 0.545 e. The second kappa shape index (κ2) is 8.00. The molecule has 0 radical (unpaired) electrons. The van der Waals surface area contributed by atoms with Crippen molar-refractivity contribution in [1.82, 2.24) is 0 Å². The van der Waals surface area contributed by atoms with Gasteiger partial charge in [-0.1, -0.05) is 48.0 Å². The number of nitrogens with zero attached hydrogens (tertiary/aromatic N) is 1. The average molecular weight is 419 g/mol. The topological polar surface area (TPSA) is 77.5 Å². The Bertz CT molecular complexity index is 1100. The van der Waals surface area contributed by atoms with Crippen LogP contribution in [-0.2, 0) is 16.6 Å². The number of halogens is 2. The van der Waals surface area contributed by atoms with Crippen LogP contribution in [0.15, 0.2) is 77.7 Å². The lowest BCUT2D eigenvalue weighted by Crippen LogP contribution is -2.31. The summed E-state index contributed by atoms with van der Waals surface area (Å²) in [5.74, 6) is -2.04. The summed E-state index contributed by atoms with van der Waals surface area (Å²) in [5.41, 5.74) is 0.574. The lowest BCUT2D eigenvalue weighted by Gasteiger charge is -2.25. The molecule has 0 saturated carbocycles. The van der Waals surface area contributed by atoms with E-state index in [-0.39, 0.29) is 27.7 Å². The lowest BCUT2D eigenvalue weighted by molar-refractivity contribution is -0.255. The molecule has 0 heterocycles. The van der Waals surface area contributed by atoms with Crippen LogP contribution in [0.5, 0.6) is 0 Å². The van der Waals surface area contributed by atoms with Gasteiger partial charge in [0, 0.05) is 0 Å². The van der Waals surface area contributed by atoms with Crippen molar-refractivity contribution in [3.63, 3.8) is 0 Å². The summed E-state index contributed by atoms with van der Waals surface area (Å²) in [5, 5.41) is 11.0. The molecule has 0 N–H and O–H groups in total. The van der Waals surface area contributed by atoms with Crippen LogP contribution in [0.1, 0.15) is 15.9 Å². The predicted octanol–water partition coefficient (Wildman–Crippen LogP) is 3.24. The molecular formula is C20H14ClFNO4S-. The second-order valence-electron chi connectivity index (χ2n) is 5.91. The number of carbonyl (C=O) groups is 1. The number of anilines is 1. The van der Waals surface area contributed by atoms with Crippen molar-refractivity contribution in [2.24, 2.45) is 0 Å². The zero-order valence-corrected chi connectivity index (χ0v) is 16.0. The quantitative estimate of drug-likeness (QED) is 0.615. The second-order valence-corrected chi connectivity index (χ2v) is 8.14. The number of benzene rings is 3. The first-order valence-electron chi connectivity index (χ1n) is 8.12. The summed E-state index contributed by atoms with van der Waals surface area (Å²) in [6.07, 6.45) is 0. The standard InChI is InChI=1S/C20H15ClFNO4S/c21-18-11-6-15(20(24)25)12-19(18)28(26,27)23(13-14-4-2-1-3-5-14)17-9-7-16(22)8-10-17/h1-12H,13H2,(H,24,25)/p-1. The molecule has 3 aromatic rings. The molecule has 0 amide bonds. The van der Waals surface area contributed by atoms with Crippen LogP contribution in [-0.4, -0.2) is 14.4 Å². The summed E-state index contributed by atoms with van der Waals surface area (Å²) in [7, 11) is -4.26. The number of hydrogen-bond acceptors (Lipinski definition) is 4. The van der Waals surface area contributed by atoms with E-state index in [4.69, 9.17) is 11.6 Å². The van der Waals surface area contributed by atoms with E-state index in [1.165, 1.54) is 18.2 Å². The number of hydrogen-bond donors (Lipinski definition) is 0. The number of carboxylic acid groups (broad SMARTS) is 1. The molecule has 144 valence electrons. The van der Waals surface area contributed by atoms with E-state index in [9.17, 15) is 22.7 Å². The number of sulfonamides is 1. The van der Waals surface area contributed by atoms with Gasteiger partial charge < -0.3 is 9.90 Å². The smallest absolute Gasteiger partial charge is 0.266 e. The zero-order chi connectivity index (χ0) is 20.3. The van der Waals surface area contributed by atoms with Gasteiger partial charge in [0.2, 0.25) is 0 Å². The van der Waals surface area contributed by atoms with Crippen molar-refractivity contribution >= 4 is 33.3 Å². The molecule has 5 nitrogen and oxygen atoms in total. The van der Waals surface area contributed by atoms with Crippen molar-refractivity contribution in [2.45, 2.75) is 11.4 Å². The first-order valence-corrected chi connectivity index (χ1v) is 9.94. The van der Waals surface area contributed by atoms with E-state index >= 15 is 0 Å². The van der Waals surface area contributed by atoms with E-state index in [1.54, 1.807) is 30.3 Å². The molecule has 0 atom stereocenters. The zero-order valence-electron chi connectivity index (χ0n) is 14.4. The Morgan fingerprint density at radius 1 is 1.00 bits per heavy atom. The van der Waals surface area contributed by atoms with Crippen LogP contribution in [0, 0.1) is 5.82 Å². The first kappa shape index (κ1) is 19.9. The van der Waals surface area contributed by atoms with Crippen LogP contribution in [0.3, 0.4) is 0 Å². The predicted molar refractivity (Wildman–Crippen MR) is 102 cm³/mol. The van der Waals surface area contributed by atoms with Gasteiger partial charge >= 0.3 is 0 Å². The van der Waals surface area contributed by atoms with Crippen LogP contribution < -0.4 is 9.41 Å². The van der Waals surface area contributed by atoms with E-state index in [1.807, 2.05) is 0 Å². The van der Waals surface area contributed by atoms with Crippen molar-refractivity contribution in [1.29, 1.82) is 0 Å². The maximum Gasteiger partial charge on any atom is 0.266 e. The Morgan fingerprint density at radius 2 is 1.64 bits per heavy atom. The third kappa shape index (κ3) is 4.16. The molecule has 0 bridgehead atoms. The van der Waals surface area contributed by atoms with Gasteiger partial charge in [0.05, 0.1) is 23.2 Å². The van der Waals surface area contributed by atoms with Gasteiger partial charge in [-0.25, -0.2) is 12.8 Å². The third-order valence-corrected chi connectivity index (χ3v) is 6.27.